The van der Waals surface area contributed by atoms with Crippen LogP contribution >= 0.6 is 15.9 Å². The molecule has 0 fully saturated rings. The molecule has 0 spiro atoms. The van der Waals surface area contributed by atoms with Crippen LogP contribution in [0.2, 0.25) is 0 Å². The van der Waals surface area contributed by atoms with Crippen molar-refractivity contribution in [2.24, 2.45) is 5.92 Å². The Morgan fingerprint density at radius 1 is 1.37 bits per heavy atom. The van der Waals surface area contributed by atoms with Gasteiger partial charge in [-0.15, -0.1) is 0 Å². The minimum Gasteiger partial charge on any atom is -0.322 e. The Morgan fingerprint density at radius 2 is 2.11 bits per heavy atom. The first kappa shape index (κ1) is 13.7. The molecule has 4 nitrogen and oxygen atoms in total. The van der Waals surface area contributed by atoms with Gasteiger partial charge in [0.2, 0.25) is 5.91 Å². The summed E-state index contributed by atoms with van der Waals surface area (Å²) in [5.74, 6) is -0.158. The Labute approximate surface area is 120 Å². The zero-order valence-corrected chi connectivity index (χ0v) is 12.1. The number of rotatable bonds is 4. The summed E-state index contributed by atoms with van der Waals surface area (Å²) in [5.41, 5.74) is 1.74. The molecule has 1 atom stereocenters. The van der Waals surface area contributed by atoms with Crippen LogP contribution in [0.5, 0.6) is 0 Å². The summed E-state index contributed by atoms with van der Waals surface area (Å²) in [4.78, 5) is 19.9. The number of carbonyl (C=O) groups excluding carboxylic acids is 1. The van der Waals surface area contributed by atoms with E-state index in [9.17, 15) is 4.79 Å². The minimum absolute atomic E-state index is 0.0423. The van der Waals surface area contributed by atoms with Crippen molar-refractivity contribution in [3.05, 3.63) is 53.0 Å². The summed E-state index contributed by atoms with van der Waals surface area (Å²) in [7, 11) is 0. The van der Waals surface area contributed by atoms with Crippen LogP contribution < -0.4 is 5.32 Å². The van der Waals surface area contributed by atoms with Crippen LogP contribution in [-0.4, -0.2) is 15.9 Å². The molecule has 0 unspecified atom stereocenters. The van der Waals surface area contributed by atoms with Crippen molar-refractivity contribution < 1.29 is 4.79 Å². The van der Waals surface area contributed by atoms with Crippen LogP contribution in [-0.2, 0) is 11.2 Å². The quantitative estimate of drug-likeness (QED) is 0.881. The number of hydrogen-bond acceptors (Lipinski definition) is 3. The Balaban J connectivity index is 1.99. The van der Waals surface area contributed by atoms with E-state index in [1.54, 1.807) is 6.20 Å². The topological polar surface area (TPSA) is 54.9 Å². The number of hydrogen-bond donors (Lipinski definition) is 1. The Hall–Kier alpha value is -1.75. The fourth-order valence-electron chi connectivity index (χ4n) is 1.71. The highest BCUT2D eigenvalue weighted by atomic mass is 79.9. The minimum atomic E-state index is -0.116. The maximum absolute atomic E-state index is 12.1. The maximum Gasteiger partial charge on any atom is 0.227 e. The molecule has 0 radical (unpaired) electrons. The molecule has 19 heavy (non-hydrogen) atoms. The average Bonchev–Trinajstić information content (AvgIpc) is 2.42. The van der Waals surface area contributed by atoms with E-state index in [-0.39, 0.29) is 11.8 Å². The van der Waals surface area contributed by atoms with Gasteiger partial charge in [-0.1, -0.05) is 37.3 Å². The Bertz CT molecular complexity index is 560. The van der Waals surface area contributed by atoms with E-state index in [1.807, 2.05) is 37.3 Å². The molecule has 2 rings (SSSR count). The van der Waals surface area contributed by atoms with Crippen LogP contribution in [0.4, 0.5) is 5.69 Å². The van der Waals surface area contributed by atoms with E-state index in [0.717, 1.165) is 5.56 Å². The molecule has 0 saturated carbocycles. The Morgan fingerprint density at radius 3 is 2.79 bits per heavy atom. The first-order chi connectivity index (χ1) is 9.16. The van der Waals surface area contributed by atoms with E-state index < -0.39 is 0 Å². The third-order valence-corrected chi connectivity index (χ3v) is 3.39. The first-order valence-corrected chi connectivity index (χ1v) is 6.76. The van der Waals surface area contributed by atoms with Crippen molar-refractivity contribution in [3.63, 3.8) is 0 Å². The summed E-state index contributed by atoms with van der Waals surface area (Å²) in [6.45, 7) is 1.90. The highest BCUT2D eigenvalue weighted by Crippen LogP contribution is 2.18. The molecule has 5 heteroatoms. The smallest absolute Gasteiger partial charge is 0.227 e. The van der Waals surface area contributed by atoms with Crippen molar-refractivity contribution in [1.29, 1.82) is 0 Å². The molecule has 0 aliphatic carbocycles. The van der Waals surface area contributed by atoms with Crippen LogP contribution in [0.15, 0.2) is 47.5 Å². The van der Waals surface area contributed by atoms with Crippen molar-refractivity contribution in [2.45, 2.75) is 13.3 Å². The van der Waals surface area contributed by atoms with Crippen LogP contribution in [0.25, 0.3) is 0 Å². The molecule has 0 saturated heterocycles. The predicted molar refractivity (Wildman–Crippen MR) is 77.7 cm³/mol. The van der Waals surface area contributed by atoms with Gasteiger partial charge >= 0.3 is 0 Å². The van der Waals surface area contributed by atoms with Crippen LogP contribution in [0.3, 0.4) is 0 Å². The molecule has 1 aromatic heterocycles. The summed E-state index contributed by atoms with van der Waals surface area (Å²) in [6.07, 6.45) is 3.70. The normalized spacial score (nSPS) is 11.9. The van der Waals surface area contributed by atoms with Gasteiger partial charge in [-0.25, -0.2) is 9.97 Å². The molecule has 0 aliphatic heterocycles. The van der Waals surface area contributed by atoms with E-state index in [2.05, 4.69) is 31.2 Å². The lowest BCUT2D eigenvalue weighted by atomic mass is 10.0. The van der Waals surface area contributed by atoms with E-state index >= 15 is 0 Å². The number of nitrogens with zero attached hydrogens (tertiary/aromatic N) is 2. The van der Waals surface area contributed by atoms with Gasteiger partial charge in [0.25, 0.3) is 0 Å². The number of benzene rings is 1. The van der Waals surface area contributed by atoms with Gasteiger partial charge in [-0.3, -0.25) is 4.79 Å². The van der Waals surface area contributed by atoms with Crippen LogP contribution in [0.1, 0.15) is 12.5 Å². The SMILES string of the molecule is C[C@@H](Cc1ccccc1)C(=O)Nc1cncnc1Br. The molecule has 98 valence electrons. The fourth-order valence-corrected chi connectivity index (χ4v) is 2.01. The van der Waals surface area contributed by atoms with Gasteiger partial charge in [0, 0.05) is 5.92 Å². The third kappa shape index (κ3) is 3.86. The lowest BCUT2D eigenvalue weighted by molar-refractivity contribution is -0.119. The first-order valence-electron chi connectivity index (χ1n) is 5.97. The average molecular weight is 320 g/mol. The third-order valence-electron chi connectivity index (χ3n) is 2.75. The van der Waals surface area contributed by atoms with E-state index in [4.69, 9.17) is 0 Å². The second-order valence-electron chi connectivity index (χ2n) is 4.31. The van der Waals surface area contributed by atoms with Gasteiger partial charge < -0.3 is 5.32 Å². The molecule has 1 N–H and O–H groups in total. The number of anilines is 1. The van der Waals surface area contributed by atoms with Crippen molar-refractivity contribution in [2.75, 3.05) is 5.32 Å². The van der Waals surface area contributed by atoms with Crippen molar-refractivity contribution in [1.82, 2.24) is 9.97 Å². The lowest BCUT2D eigenvalue weighted by Crippen LogP contribution is -2.22. The molecular weight excluding hydrogens is 306 g/mol. The molecule has 1 aromatic carbocycles. The highest BCUT2D eigenvalue weighted by molar-refractivity contribution is 9.10. The van der Waals surface area contributed by atoms with Crippen molar-refractivity contribution >= 4 is 27.5 Å². The molecule has 1 heterocycles. The van der Waals surface area contributed by atoms with E-state index in [1.165, 1.54) is 6.33 Å². The number of carbonyl (C=O) groups is 1. The predicted octanol–water partition coefficient (Wildman–Crippen LogP) is 3.06. The summed E-state index contributed by atoms with van der Waals surface area (Å²) >= 11 is 3.27. The van der Waals surface area contributed by atoms with Gasteiger partial charge in [0.05, 0.1) is 11.9 Å². The second kappa shape index (κ2) is 6.43. The summed E-state index contributed by atoms with van der Waals surface area (Å²) < 4.78 is 0.586. The fraction of sp³-hybridized carbons (Fsp3) is 0.214. The molecule has 2 aromatic rings. The lowest BCUT2D eigenvalue weighted by Gasteiger charge is -2.12. The zero-order valence-electron chi connectivity index (χ0n) is 10.5. The van der Waals surface area contributed by atoms with Crippen molar-refractivity contribution in [3.8, 4) is 0 Å². The zero-order chi connectivity index (χ0) is 13.7. The molecular formula is C14H14BrN3O. The number of halogens is 1. The largest absolute Gasteiger partial charge is 0.322 e. The highest BCUT2D eigenvalue weighted by Gasteiger charge is 2.15. The number of aromatic nitrogens is 2. The van der Waals surface area contributed by atoms with Gasteiger partial charge in [-0.2, -0.15) is 0 Å². The maximum atomic E-state index is 12.1. The van der Waals surface area contributed by atoms with E-state index in [0.29, 0.717) is 16.7 Å². The molecule has 1 amide bonds. The van der Waals surface area contributed by atoms with Gasteiger partial charge in [-0.05, 0) is 27.9 Å². The molecule has 0 aliphatic rings. The Kier molecular flexibility index (Phi) is 4.63. The molecule has 0 bridgehead atoms. The number of amides is 1. The van der Waals surface area contributed by atoms with Gasteiger partial charge in [0.1, 0.15) is 10.9 Å². The second-order valence-corrected chi connectivity index (χ2v) is 5.06. The standard InChI is InChI=1S/C14H14BrN3O/c1-10(7-11-5-3-2-4-6-11)14(19)18-12-8-16-9-17-13(12)15/h2-6,8-10H,7H2,1H3,(H,18,19)/t10-/m0/s1. The van der Waals surface area contributed by atoms with Gasteiger partial charge in [0.15, 0.2) is 0 Å². The summed E-state index contributed by atoms with van der Waals surface area (Å²) in [5, 5.41) is 2.82. The van der Waals surface area contributed by atoms with Crippen LogP contribution in [0, 0.1) is 5.92 Å². The summed E-state index contributed by atoms with van der Waals surface area (Å²) in [6, 6.07) is 9.95. The number of nitrogens with one attached hydrogen (secondary N) is 1. The monoisotopic (exact) mass is 319 g/mol.